The van der Waals surface area contributed by atoms with E-state index in [1.807, 2.05) is 18.2 Å². The number of H-pyrrole nitrogens is 1. The molecule has 0 spiro atoms. The number of aromatic nitrogens is 3. The number of aromatic amines is 1. The fraction of sp³-hybridized carbons (Fsp3) is 0.111. The molecular formula is C9H8Cl3N3S. The van der Waals surface area contributed by atoms with Crippen LogP contribution in [0.4, 0.5) is 0 Å². The molecule has 1 heterocycles. The van der Waals surface area contributed by atoms with Gasteiger partial charge in [0.25, 0.3) is 0 Å². The average Bonchev–Trinajstić information content (AvgIpc) is 2.70. The van der Waals surface area contributed by atoms with Crippen LogP contribution in [-0.4, -0.2) is 15.2 Å². The van der Waals surface area contributed by atoms with Gasteiger partial charge in [0.1, 0.15) is 6.33 Å². The van der Waals surface area contributed by atoms with Crippen molar-refractivity contribution in [3.63, 3.8) is 0 Å². The maximum atomic E-state index is 6.03. The summed E-state index contributed by atoms with van der Waals surface area (Å²) in [6.07, 6.45) is 1.47. The molecule has 16 heavy (non-hydrogen) atoms. The van der Waals surface area contributed by atoms with E-state index in [1.165, 1.54) is 18.1 Å². The highest BCUT2D eigenvalue weighted by Crippen LogP contribution is 2.29. The third-order valence-corrected chi connectivity index (χ3v) is 3.42. The zero-order valence-electron chi connectivity index (χ0n) is 7.98. The summed E-state index contributed by atoms with van der Waals surface area (Å²) in [5.74, 6) is 0.674. The first-order chi connectivity index (χ1) is 7.27. The second-order valence-corrected chi connectivity index (χ2v) is 4.56. The van der Waals surface area contributed by atoms with Crippen LogP contribution in [0.5, 0.6) is 0 Å². The van der Waals surface area contributed by atoms with Crippen molar-refractivity contribution in [3.8, 4) is 0 Å². The summed E-state index contributed by atoms with van der Waals surface area (Å²) in [6, 6.07) is 5.47. The molecule has 0 aliphatic heterocycles. The van der Waals surface area contributed by atoms with Gasteiger partial charge in [0.2, 0.25) is 0 Å². The van der Waals surface area contributed by atoms with Gasteiger partial charge in [-0.3, -0.25) is 5.10 Å². The summed E-state index contributed by atoms with van der Waals surface area (Å²) in [5, 5.41) is 8.62. The molecule has 0 atom stereocenters. The summed E-state index contributed by atoms with van der Waals surface area (Å²) >= 11 is 13.6. The molecular weight excluding hydrogens is 289 g/mol. The standard InChI is InChI=1S/C9H7Cl2N3S.ClH/c10-7-2-1-3-8(11)6(7)4-15-9-12-5-13-14-9;/h1-3,5H,4H2,(H,12,13,14);1H. The highest BCUT2D eigenvalue weighted by Gasteiger charge is 2.06. The first-order valence-corrected chi connectivity index (χ1v) is 5.92. The molecule has 1 aromatic carbocycles. The molecule has 0 radical (unpaired) electrons. The van der Waals surface area contributed by atoms with E-state index in [2.05, 4.69) is 15.2 Å². The smallest absolute Gasteiger partial charge is 0.183 e. The second-order valence-electron chi connectivity index (χ2n) is 2.78. The minimum atomic E-state index is 0. The van der Waals surface area contributed by atoms with Crippen molar-refractivity contribution in [2.75, 3.05) is 0 Å². The van der Waals surface area contributed by atoms with E-state index in [1.54, 1.807) is 0 Å². The van der Waals surface area contributed by atoms with Crippen LogP contribution in [0.2, 0.25) is 10.0 Å². The van der Waals surface area contributed by atoms with Gasteiger partial charge in [0, 0.05) is 15.8 Å². The molecule has 0 aliphatic carbocycles. The lowest BCUT2D eigenvalue weighted by atomic mass is 10.2. The number of nitrogens with zero attached hydrogens (tertiary/aromatic N) is 2. The fourth-order valence-electron chi connectivity index (χ4n) is 1.07. The lowest BCUT2D eigenvalue weighted by molar-refractivity contribution is 0.973. The van der Waals surface area contributed by atoms with E-state index >= 15 is 0 Å². The van der Waals surface area contributed by atoms with Crippen LogP contribution in [0, 0.1) is 0 Å². The van der Waals surface area contributed by atoms with Crippen molar-refractivity contribution >= 4 is 47.4 Å². The zero-order chi connectivity index (χ0) is 10.7. The third-order valence-electron chi connectivity index (χ3n) is 1.81. The Morgan fingerprint density at radius 3 is 2.50 bits per heavy atom. The maximum absolute atomic E-state index is 6.03. The molecule has 86 valence electrons. The molecule has 0 saturated heterocycles. The van der Waals surface area contributed by atoms with Crippen molar-refractivity contribution in [2.24, 2.45) is 0 Å². The molecule has 0 amide bonds. The number of nitrogens with one attached hydrogen (secondary N) is 1. The van der Waals surface area contributed by atoms with Gasteiger partial charge in [0.05, 0.1) is 0 Å². The summed E-state index contributed by atoms with van der Waals surface area (Å²) < 4.78 is 0. The van der Waals surface area contributed by atoms with E-state index in [0.717, 1.165) is 10.7 Å². The number of thioether (sulfide) groups is 1. The van der Waals surface area contributed by atoms with Gasteiger partial charge >= 0.3 is 0 Å². The van der Waals surface area contributed by atoms with Gasteiger partial charge in [-0.2, -0.15) is 5.10 Å². The molecule has 2 aromatic rings. The van der Waals surface area contributed by atoms with Crippen LogP contribution in [0.15, 0.2) is 29.7 Å². The second kappa shape index (κ2) is 6.35. The first kappa shape index (κ1) is 13.6. The Kier molecular flexibility index (Phi) is 5.41. The monoisotopic (exact) mass is 295 g/mol. The molecule has 0 aliphatic rings. The summed E-state index contributed by atoms with van der Waals surface area (Å²) in [4.78, 5) is 4.00. The van der Waals surface area contributed by atoms with Gasteiger partial charge < -0.3 is 0 Å². The lowest BCUT2D eigenvalue weighted by Crippen LogP contribution is -1.85. The molecule has 2 rings (SSSR count). The number of halogens is 3. The molecule has 0 bridgehead atoms. The van der Waals surface area contributed by atoms with Crippen molar-refractivity contribution in [3.05, 3.63) is 40.1 Å². The fourth-order valence-corrected chi connectivity index (χ4v) is 2.60. The van der Waals surface area contributed by atoms with E-state index in [0.29, 0.717) is 15.8 Å². The minimum Gasteiger partial charge on any atom is -0.254 e. The van der Waals surface area contributed by atoms with Crippen molar-refractivity contribution in [1.82, 2.24) is 15.2 Å². The first-order valence-electron chi connectivity index (χ1n) is 4.18. The van der Waals surface area contributed by atoms with Gasteiger partial charge in [-0.25, -0.2) is 4.98 Å². The van der Waals surface area contributed by atoms with Gasteiger partial charge in [-0.15, -0.1) is 12.4 Å². The summed E-state index contributed by atoms with van der Waals surface area (Å²) in [5.41, 5.74) is 0.919. The van der Waals surface area contributed by atoms with E-state index in [-0.39, 0.29) is 12.4 Å². The quantitative estimate of drug-likeness (QED) is 0.875. The number of benzene rings is 1. The van der Waals surface area contributed by atoms with E-state index < -0.39 is 0 Å². The molecule has 0 fully saturated rings. The van der Waals surface area contributed by atoms with Crippen molar-refractivity contribution in [1.29, 1.82) is 0 Å². The van der Waals surface area contributed by atoms with Crippen LogP contribution >= 0.6 is 47.4 Å². The Morgan fingerprint density at radius 2 is 1.94 bits per heavy atom. The average molecular weight is 297 g/mol. The Bertz CT molecular complexity index is 427. The predicted molar refractivity (Wildman–Crippen MR) is 69.7 cm³/mol. The molecule has 0 unspecified atom stereocenters. The molecule has 1 N–H and O–H groups in total. The minimum absolute atomic E-state index is 0. The van der Waals surface area contributed by atoms with E-state index in [9.17, 15) is 0 Å². The Balaban J connectivity index is 0.00000128. The Labute approximate surface area is 113 Å². The summed E-state index contributed by atoms with van der Waals surface area (Å²) in [6.45, 7) is 0. The van der Waals surface area contributed by atoms with Crippen LogP contribution in [0.3, 0.4) is 0 Å². The van der Waals surface area contributed by atoms with Gasteiger partial charge in [0.15, 0.2) is 5.16 Å². The van der Waals surface area contributed by atoms with Gasteiger partial charge in [-0.05, 0) is 17.7 Å². The van der Waals surface area contributed by atoms with Crippen LogP contribution in [-0.2, 0) is 5.75 Å². The van der Waals surface area contributed by atoms with Crippen LogP contribution in [0.1, 0.15) is 5.56 Å². The highest BCUT2D eigenvalue weighted by atomic mass is 35.5. The normalized spacial score (nSPS) is 9.88. The molecule has 1 aromatic heterocycles. The van der Waals surface area contributed by atoms with Crippen molar-refractivity contribution < 1.29 is 0 Å². The SMILES string of the molecule is Cl.Clc1cccc(Cl)c1CSc1ncn[nH]1. The van der Waals surface area contributed by atoms with E-state index in [4.69, 9.17) is 23.2 Å². The Morgan fingerprint density at radius 1 is 1.25 bits per heavy atom. The maximum Gasteiger partial charge on any atom is 0.183 e. The molecule has 3 nitrogen and oxygen atoms in total. The predicted octanol–water partition coefficient (Wildman–Crippen LogP) is 3.83. The lowest BCUT2D eigenvalue weighted by Gasteiger charge is -2.04. The number of rotatable bonds is 3. The van der Waals surface area contributed by atoms with Crippen LogP contribution < -0.4 is 0 Å². The Hall–Kier alpha value is -0.420. The third kappa shape index (κ3) is 3.28. The summed E-state index contributed by atoms with van der Waals surface area (Å²) in [7, 11) is 0. The number of hydrogen-bond donors (Lipinski definition) is 1. The molecule has 7 heteroatoms. The highest BCUT2D eigenvalue weighted by molar-refractivity contribution is 7.98. The largest absolute Gasteiger partial charge is 0.254 e. The molecule has 0 saturated carbocycles. The topological polar surface area (TPSA) is 41.6 Å². The van der Waals surface area contributed by atoms with Crippen molar-refractivity contribution in [2.45, 2.75) is 10.9 Å². The van der Waals surface area contributed by atoms with Crippen LogP contribution in [0.25, 0.3) is 0 Å². The number of hydrogen-bond acceptors (Lipinski definition) is 3. The van der Waals surface area contributed by atoms with Gasteiger partial charge in [-0.1, -0.05) is 41.0 Å². The zero-order valence-corrected chi connectivity index (χ0v) is 11.1.